The van der Waals surface area contributed by atoms with Gasteiger partial charge in [0.05, 0.1) is 10.7 Å². The van der Waals surface area contributed by atoms with Gasteiger partial charge in [-0.05, 0) is 61.7 Å². The Kier molecular flexibility index (Phi) is 14.3. The number of rotatable bonds is 11. The molecule has 0 unspecified atom stereocenters. The molecule has 0 saturated carbocycles. The molecule has 42 heavy (non-hydrogen) atoms. The maximum atomic E-state index is 14.1. The minimum atomic E-state index is -0.304. The molecule has 0 atom stereocenters. The van der Waals surface area contributed by atoms with E-state index in [2.05, 4.69) is 35.5 Å². The summed E-state index contributed by atoms with van der Waals surface area (Å²) in [6.07, 6.45) is 14.0. The lowest BCUT2D eigenvalue weighted by Crippen LogP contribution is -2.20. The summed E-state index contributed by atoms with van der Waals surface area (Å²) in [6.45, 7) is 6.14. The summed E-state index contributed by atoms with van der Waals surface area (Å²) in [4.78, 5) is 16.4. The number of unbranched alkanes of at least 4 members (excludes halogenated alkanes) is 3. The van der Waals surface area contributed by atoms with E-state index in [0.29, 0.717) is 38.9 Å². The van der Waals surface area contributed by atoms with Crippen molar-refractivity contribution < 1.29 is 4.39 Å². The van der Waals surface area contributed by atoms with Crippen molar-refractivity contribution >= 4 is 46.4 Å². The molecule has 0 aliphatic carbocycles. The summed E-state index contributed by atoms with van der Waals surface area (Å²) >= 11 is 6.23. The third-order valence-electron chi connectivity index (χ3n) is 6.25. The van der Waals surface area contributed by atoms with Gasteiger partial charge in [0.15, 0.2) is 0 Å². The predicted molar refractivity (Wildman–Crippen MR) is 179 cm³/mol. The molecule has 1 heterocycles. The Morgan fingerprint density at radius 2 is 1.86 bits per heavy atom. The van der Waals surface area contributed by atoms with Gasteiger partial charge in [-0.15, -0.1) is 0 Å². The summed E-state index contributed by atoms with van der Waals surface area (Å²) in [7, 11) is 3.42. The topological polar surface area (TPSA) is 108 Å². The molecular weight excluding hydrogens is 551 g/mol. The Balaban J connectivity index is 0.000000295. The quantitative estimate of drug-likeness (QED) is 0.0778. The van der Waals surface area contributed by atoms with Crippen LogP contribution in [0.1, 0.15) is 62.6 Å². The van der Waals surface area contributed by atoms with E-state index < -0.39 is 0 Å². The van der Waals surface area contributed by atoms with Crippen LogP contribution in [0.2, 0.25) is 5.02 Å². The summed E-state index contributed by atoms with van der Waals surface area (Å²) in [5, 5.41) is 14.0. The van der Waals surface area contributed by atoms with Crippen LogP contribution in [0.25, 0.3) is 5.70 Å². The van der Waals surface area contributed by atoms with Crippen molar-refractivity contribution in [2.45, 2.75) is 52.9 Å². The molecule has 9 heteroatoms. The highest BCUT2D eigenvalue weighted by molar-refractivity contribution is 6.37. The van der Waals surface area contributed by atoms with Gasteiger partial charge >= 0.3 is 0 Å². The van der Waals surface area contributed by atoms with Crippen molar-refractivity contribution in [1.82, 2.24) is 4.57 Å². The number of hydrogen-bond donors (Lipinski definition) is 4. The van der Waals surface area contributed by atoms with E-state index >= 15 is 0 Å². The fourth-order valence-electron chi connectivity index (χ4n) is 3.99. The Labute approximate surface area is 253 Å². The maximum absolute atomic E-state index is 14.1. The van der Waals surface area contributed by atoms with Crippen molar-refractivity contribution in [3.05, 3.63) is 105 Å². The fraction of sp³-hybridized carbons (Fsp3) is 0.303. The molecule has 0 bridgehead atoms. The molecular formula is C33H42ClFN6O. The van der Waals surface area contributed by atoms with Gasteiger partial charge in [-0.2, -0.15) is 0 Å². The molecule has 2 aromatic carbocycles. The van der Waals surface area contributed by atoms with Crippen molar-refractivity contribution in [1.29, 1.82) is 5.41 Å². The highest BCUT2D eigenvalue weighted by Gasteiger charge is 2.11. The second kappa shape index (κ2) is 17.6. The van der Waals surface area contributed by atoms with Crippen molar-refractivity contribution in [2.24, 2.45) is 12.0 Å². The van der Waals surface area contributed by atoms with Crippen LogP contribution in [0.15, 0.2) is 76.7 Å². The molecule has 0 radical (unpaired) electrons. The van der Waals surface area contributed by atoms with E-state index in [4.69, 9.17) is 22.7 Å². The van der Waals surface area contributed by atoms with Crippen LogP contribution in [-0.4, -0.2) is 23.7 Å². The van der Waals surface area contributed by atoms with Gasteiger partial charge in [0.2, 0.25) is 0 Å². The molecule has 224 valence electrons. The molecule has 0 aliphatic heterocycles. The minimum Gasteiger partial charge on any atom is -0.398 e. The number of allylic oxidation sites excluding steroid dienone is 2. The molecule has 3 aromatic rings. The fourth-order valence-corrected chi connectivity index (χ4v) is 4.26. The SMILES string of the molecule is CCC/C=C(\Nc1cc(C)cn(C)c1=O)c1ccccc1F.CCCC/C=C\C(=NC)Nc1ccc(N)c(C=N)c1Cl. The third kappa shape index (κ3) is 10.0. The number of hydrogen-bond acceptors (Lipinski definition) is 5. The van der Waals surface area contributed by atoms with Gasteiger partial charge < -0.3 is 26.3 Å². The molecule has 5 N–H and O–H groups in total. The number of nitrogen functional groups attached to an aromatic ring is 1. The third-order valence-corrected chi connectivity index (χ3v) is 6.66. The highest BCUT2D eigenvalue weighted by Crippen LogP contribution is 2.29. The van der Waals surface area contributed by atoms with Crippen LogP contribution in [0, 0.1) is 18.2 Å². The van der Waals surface area contributed by atoms with E-state index in [0.717, 1.165) is 43.3 Å². The smallest absolute Gasteiger partial charge is 0.273 e. The Morgan fingerprint density at radius 3 is 2.50 bits per heavy atom. The normalized spacial score (nSPS) is 11.7. The molecule has 1 aromatic heterocycles. The molecule has 0 amide bonds. The lowest BCUT2D eigenvalue weighted by atomic mass is 10.1. The van der Waals surface area contributed by atoms with Crippen LogP contribution in [-0.2, 0) is 7.05 Å². The number of halogens is 2. The number of nitrogens with one attached hydrogen (secondary N) is 3. The molecule has 0 aliphatic rings. The Hall–Kier alpha value is -4.17. The van der Waals surface area contributed by atoms with Gasteiger partial charge in [-0.1, -0.05) is 69.0 Å². The maximum Gasteiger partial charge on any atom is 0.273 e. The summed E-state index contributed by atoms with van der Waals surface area (Å²) in [6, 6.07) is 11.9. The van der Waals surface area contributed by atoms with Gasteiger partial charge in [-0.25, -0.2) is 4.39 Å². The zero-order valence-electron chi connectivity index (χ0n) is 25.1. The second-order valence-electron chi connectivity index (χ2n) is 9.71. The Morgan fingerprint density at radius 1 is 1.12 bits per heavy atom. The lowest BCUT2D eigenvalue weighted by Gasteiger charge is -2.13. The minimum absolute atomic E-state index is 0.135. The van der Waals surface area contributed by atoms with Crippen molar-refractivity contribution in [2.75, 3.05) is 23.4 Å². The monoisotopic (exact) mass is 592 g/mol. The average molecular weight is 593 g/mol. The first-order valence-corrected chi connectivity index (χ1v) is 14.4. The number of amidine groups is 1. The number of aliphatic imine (C=N–C) groups is 1. The predicted octanol–water partition coefficient (Wildman–Crippen LogP) is 8.19. The first-order chi connectivity index (χ1) is 20.2. The lowest BCUT2D eigenvalue weighted by molar-refractivity contribution is 0.624. The summed E-state index contributed by atoms with van der Waals surface area (Å²) in [5.74, 6) is 0.422. The highest BCUT2D eigenvalue weighted by atomic mass is 35.5. The van der Waals surface area contributed by atoms with Crippen LogP contribution < -0.4 is 21.9 Å². The number of pyridine rings is 1. The number of nitrogens with zero attached hydrogens (tertiary/aromatic N) is 2. The molecule has 0 spiro atoms. The first kappa shape index (κ1) is 34.0. The van der Waals surface area contributed by atoms with Gasteiger partial charge in [0, 0.05) is 49.0 Å². The number of aryl methyl sites for hydroxylation is 2. The molecule has 0 fully saturated rings. The van der Waals surface area contributed by atoms with Crippen LogP contribution in [0.3, 0.4) is 0 Å². The molecule has 3 rings (SSSR count). The number of benzene rings is 2. The second-order valence-corrected chi connectivity index (χ2v) is 10.1. The van der Waals surface area contributed by atoms with Gasteiger partial charge in [-0.3, -0.25) is 9.79 Å². The van der Waals surface area contributed by atoms with Gasteiger partial charge in [0.1, 0.15) is 17.3 Å². The van der Waals surface area contributed by atoms with Crippen LogP contribution >= 0.6 is 11.6 Å². The van der Waals surface area contributed by atoms with E-state index in [1.165, 1.54) is 17.1 Å². The summed E-state index contributed by atoms with van der Waals surface area (Å²) < 4.78 is 15.6. The van der Waals surface area contributed by atoms with Gasteiger partial charge in [0.25, 0.3) is 5.56 Å². The number of anilines is 3. The largest absolute Gasteiger partial charge is 0.398 e. The number of aromatic nitrogens is 1. The standard InChI is InChI=1S/C18H21FN2O.C15H21ClN4/c1-4-5-10-16(14-8-6-7-9-15(14)19)20-17-11-13(2)12-21(3)18(17)22;1-3-4-5-6-7-14(19-2)20-13-9-8-12(18)11(10-17)15(13)16/h6-12,20H,4-5H2,1-3H3;6-10,17H,3-5,18H2,1-2H3,(H,19,20)/b16-10-;7-6-,17-10?. The average Bonchev–Trinajstić information content (AvgIpc) is 2.97. The molecule has 7 nitrogen and oxygen atoms in total. The van der Waals surface area contributed by atoms with Crippen LogP contribution in [0.5, 0.6) is 0 Å². The van der Waals surface area contributed by atoms with E-state index in [9.17, 15) is 9.18 Å². The Bertz CT molecular complexity index is 1490. The molecule has 0 saturated heterocycles. The first-order valence-electron chi connectivity index (χ1n) is 14.0. The zero-order valence-corrected chi connectivity index (χ0v) is 25.9. The van der Waals surface area contributed by atoms with E-state index in [1.807, 2.05) is 19.1 Å². The number of nitrogens with two attached hydrogens (primary N) is 1. The van der Waals surface area contributed by atoms with E-state index in [-0.39, 0.29) is 11.4 Å². The summed E-state index contributed by atoms with van der Waals surface area (Å²) in [5.41, 5.74) is 9.85. The van der Waals surface area contributed by atoms with Crippen molar-refractivity contribution in [3.63, 3.8) is 0 Å². The van der Waals surface area contributed by atoms with Crippen LogP contribution in [0.4, 0.5) is 21.5 Å². The van der Waals surface area contributed by atoms with Crippen molar-refractivity contribution in [3.8, 4) is 0 Å². The zero-order chi connectivity index (χ0) is 31.1. The van der Waals surface area contributed by atoms with E-state index in [1.54, 1.807) is 56.7 Å².